The van der Waals surface area contributed by atoms with Crippen LogP contribution in [0.25, 0.3) is 0 Å². The summed E-state index contributed by atoms with van der Waals surface area (Å²) in [5.41, 5.74) is -0.0556. The molecule has 0 aromatic heterocycles. The molecule has 2 heteroatoms. The third kappa shape index (κ3) is 1.98. The molecule has 1 rings (SSSR count). The lowest BCUT2D eigenvalue weighted by Crippen LogP contribution is -2.25. The summed E-state index contributed by atoms with van der Waals surface area (Å²) in [6, 6.07) is 0. The Balaban J connectivity index is 2.71. The van der Waals surface area contributed by atoms with Crippen molar-refractivity contribution < 1.29 is 0 Å². The number of rotatable bonds is 2. The summed E-state index contributed by atoms with van der Waals surface area (Å²) < 4.78 is 0. The molecule has 1 fully saturated rings. The Kier molecular flexibility index (Phi) is 2.98. The van der Waals surface area contributed by atoms with E-state index in [-0.39, 0.29) is 5.54 Å². The molecular formula is C9H13NS. The zero-order chi connectivity index (χ0) is 8.16. The first kappa shape index (κ1) is 8.63. The fourth-order valence-corrected chi connectivity index (χ4v) is 1.80. The third-order valence-electron chi connectivity index (χ3n) is 2.37. The maximum Gasteiger partial charge on any atom is 0.0887 e. The van der Waals surface area contributed by atoms with Crippen LogP contribution in [0.3, 0.4) is 0 Å². The maximum absolute atomic E-state index is 4.61. The van der Waals surface area contributed by atoms with Gasteiger partial charge in [0.15, 0.2) is 0 Å². The molecule has 1 aliphatic rings. The minimum Gasteiger partial charge on any atom is -0.222 e. The highest BCUT2D eigenvalue weighted by molar-refractivity contribution is 7.78. The van der Waals surface area contributed by atoms with Gasteiger partial charge >= 0.3 is 0 Å². The Morgan fingerprint density at radius 2 is 2.00 bits per heavy atom. The average Bonchev–Trinajstić information content (AvgIpc) is 2.07. The fourth-order valence-electron chi connectivity index (χ4n) is 1.62. The summed E-state index contributed by atoms with van der Waals surface area (Å²) in [5.74, 6) is 0. The van der Waals surface area contributed by atoms with E-state index in [0.29, 0.717) is 0 Å². The number of aliphatic imine (C=N–C) groups is 1. The highest BCUT2D eigenvalue weighted by Crippen LogP contribution is 2.31. The lowest BCUT2D eigenvalue weighted by atomic mass is 9.82. The molecule has 1 nitrogen and oxygen atoms in total. The van der Waals surface area contributed by atoms with Gasteiger partial charge in [-0.3, -0.25) is 0 Å². The Morgan fingerprint density at radius 3 is 2.45 bits per heavy atom. The van der Waals surface area contributed by atoms with Crippen molar-refractivity contribution in [3.8, 4) is 0 Å². The van der Waals surface area contributed by atoms with Crippen LogP contribution in [0.4, 0.5) is 0 Å². The van der Waals surface area contributed by atoms with Crippen LogP contribution in [-0.4, -0.2) is 10.7 Å². The van der Waals surface area contributed by atoms with E-state index in [1.807, 2.05) is 6.08 Å². The second kappa shape index (κ2) is 3.80. The van der Waals surface area contributed by atoms with E-state index >= 15 is 0 Å². The Morgan fingerprint density at radius 1 is 1.36 bits per heavy atom. The Labute approximate surface area is 73.2 Å². The minimum absolute atomic E-state index is 0.0556. The first-order valence-electron chi connectivity index (χ1n) is 4.06. The van der Waals surface area contributed by atoms with E-state index < -0.39 is 0 Å². The first-order chi connectivity index (χ1) is 5.33. The summed E-state index contributed by atoms with van der Waals surface area (Å²) in [6.07, 6.45) is 7.92. The molecule has 0 radical (unpaired) electrons. The average molecular weight is 167 g/mol. The van der Waals surface area contributed by atoms with Crippen molar-refractivity contribution in [1.29, 1.82) is 0 Å². The van der Waals surface area contributed by atoms with Crippen LogP contribution in [0.15, 0.2) is 17.6 Å². The predicted octanol–water partition coefficient (Wildman–Crippen LogP) is 2.98. The molecule has 60 valence electrons. The molecule has 0 N–H and O–H groups in total. The van der Waals surface area contributed by atoms with Gasteiger partial charge in [-0.15, -0.1) is 6.58 Å². The van der Waals surface area contributed by atoms with E-state index in [1.165, 1.54) is 19.3 Å². The summed E-state index contributed by atoms with van der Waals surface area (Å²) in [5, 5.41) is 2.47. The van der Waals surface area contributed by atoms with Gasteiger partial charge in [-0.25, -0.2) is 4.99 Å². The van der Waals surface area contributed by atoms with Crippen LogP contribution in [0.5, 0.6) is 0 Å². The van der Waals surface area contributed by atoms with Crippen molar-refractivity contribution in [2.24, 2.45) is 4.99 Å². The van der Waals surface area contributed by atoms with Crippen LogP contribution >= 0.6 is 12.2 Å². The number of nitrogens with zero attached hydrogens (tertiary/aromatic N) is 1. The maximum atomic E-state index is 4.61. The van der Waals surface area contributed by atoms with Gasteiger partial charge in [0.1, 0.15) is 0 Å². The summed E-state index contributed by atoms with van der Waals surface area (Å²) in [7, 11) is 0. The smallest absolute Gasteiger partial charge is 0.0887 e. The van der Waals surface area contributed by atoms with Crippen molar-refractivity contribution in [3.05, 3.63) is 12.7 Å². The van der Waals surface area contributed by atoms with Gasteiger partial charge in [0.2, 0.25) is 0 Å². The van der Waals surface area contributed by atoms with E-state index in [0.717, 1.165) is 12.8 Å². The molecule has 11 heavy (non-hydrogen) atoms. The van der Waals surface area contributed by atoms with Crippen molar-refractivity contribution in [3.63, 3.8) is 0 Å². The quantitative estimate of drug-likeness (QED) is 0.350. The van der Waals surface area contributed by atoms with Gasteiger partial charge in [-0.05, 0) is 25.1 Å². The van der Waals surface area contributed by atoms with E-state index in [4.69, 9.17) is 0 Å². The van der Waals surface area contributed by atoms with Gasteiger partial charge in [0, 0.05) is 0 Å². The molecule has 0 heterocycles. The van der Waals surface area contributed by atoms with Crippen molar-refractivity contribution in [2.45, 2.75) is 37.6 Å². The van der Waals surface area contributed by atoms with Crippen LogP contribution in [0, 0.1) is 0 Å². The molecule has 1 aliphatic carbocycles. The third-order valence-corrected chi connectivity index (χ3v) is 2.46. The second-order valence-electron chi connectivity index (χ2n) is 3.07. The van der Waals surface area contributed by atoms with E-state index in [2.05, 4.69) is 29.0 Å². The Bertz CT molecular complexity index is 186. The number of hydrogen-bond acceptors (Lipinski definition) is 2. The molecule has 0 aromatic carbocycles. The Hall–Kier alpha value is -0.460. The molecule has 0 atom stereocenters. The topological polar surface area (TPSA) is 12.4 Å². The predicted molar refractivity (Wildman–Crippen MR) is 51.0 cm³/mol. The van der Waals surface area contributed by atoms with Crippen molar-refractivity contribution in [2.75, 3.05) is 0 Å². The van der Waals surface area contributed by atoms with Gasteiger partial charge in [-0.1, -0.05) is 25.3 Å². The summed E-state index contributed by atoms with van der Waals surface area (Å²) in [4.78, 5) is 4.18. The minimum atomic E-state index is -0.0556. The highest BCUT2D eigenvalue weighted by Gasteiger charge is 2.27. The number of isothiocyanates is 1. The lowest BCUT2D eigenvalue weighted by Gasteiger charge is -2.28. The molecule has 1 saturated carbocycles. The molecule has 0 spiro atoms. The zero-order valence-corrected chi connectivity index (χ0v) is 7.49. The van der Waals surface area contributed by atoms with Crippen LogP contribution in [-0.2, 0) is 0 Å². The normalized spacial score (nSPS) is 21.8. The van der Waals surface area contributed by atoms with E-state index in [9.17, 15) is 0 Å². The lowest BCUT2D eigenvalue weighted by molar-refractivity contribution is 0.363. The standard InChI is InChI=1S/C9H13NS/c1-2-9(10-8-11)6-4-3-5-7-9/h2H,1,3-7H2. The summed E-state index contributed by atoms with van der Waals surface area (Å²) >= 11 is 4.61. The van der Waals surface area contributed by atoms with Gasteiger partial charge in [0.25, 0.3) is 0 Å². The first-order valence-corrected chi connectivity index (χ1v) is 4.46. The monoisotopic (exact) mass is 167 g/mol. The van der Waals surface area contributed by atoms with Gasteiger partial charge < -0.3 is 0 Å². The van der Waals surface area contributed by atoms with Crippen molar-refractivity contribution >= 4 is 17.4 Å². The highest BCUT2D eigenvalue weighted by atomic mass is 32.1. The molecule has 0 unspecified atom stereocenters. The molecule has 0 bridgehead atoms. The molecule has 0 amide bonds. The van der Waals surface area contributed by atoms with Crippen LogP contribution in [0.2, 0.25) is 0 Å². The van der Waals surface area contributed by atoms with E-state index in [1.54, 1.807) is 0 Å². The van der Waals surface area contributed by atoms with Gasteiger partial charge in [0.05, 0.1) is 10.7 Å². The molecular weight excluding hydrogens is 154 g/mol. The molecule has 0 aliphatic heterocycles. The van der Waals surface area contributed by atoms with Crippen LogP contribution in [0.1, 0.15) is 32.1 Å². The zero-order valence-electron chi connectivity index (χ0n) is 6.68. The second-order valence-corrected chi connectivity index (χ2v) is 3.25. The molecule has 0 saturated heterocycles. The van der Waals surface area contributed by atoms with Gasteiger partial charge in [-0.2, -0.15) is 0 Å². The number of thiocarbonyl (C=S) groups is 1. The number of hydrogen-bond donors (Lipinski definition) is 0. The molecule has 0 aromatic rings. The SMILES string of the molecule is C=CC1(N=C=S)CCCCC1. The van der Waals surface area contributed by atoms with Crippen molar-refractivity contribution in [1.82, 2.24) is 0 Å². The summed E-state index contributed by atoms with van der Waals surface area (Å²) in [6.45, 7) is 3.80. The van der Waals surface area contributed by atoms with Crippen LogP contribution < -0.4 is 0 Å². The fraction of sp³-hybridized carbons (Fsp3) is 0.667. The largest absolute Gasteiger partial charge is 0.222 e.